The van der Waals surface area contributed by atoms with Gasteiger partial charge in [-0.25, -0.2) is 4.98 Å². The normalized spacial score (nSPS) is 11.5. The summed E-state index contributed by atoms with van der Waals surface area (Å²) < 4.78 is 0. The Morgan fingerprint density at radius 2 is 0.935 bits per heavy atom. The van der Waals surface area contributed by atoms with Crippen LogP contribution in [-0.2, 0) is 0 Å². The summed E-state index contributed by atoms with van der Waals surface area (Å²) in [5.74, 6) is 0. The van der Waals surface area contributed by atoms with Gasteiger partial charge in [0.25, 0.3) is 0 Å². The molecule has 2 nitrogen and oxygen atoms in total. The molecule has 9 aromatic rings. The van der Waals surface area contributed by atoms with Crippen molar-refractivity contribution in [2.75, 3.05) is 0 Å². The number of aromatic nitrogens is 2. The van der Waals surface area contributed by atoms with Crippen LogP contribution in [-0.4, -0.2) is 9.97 Å². The van der Waals surface area contributed by atoms with E-state index in [2.05, 4.69) is 157 Å². The molecule has 0 amide bonds. The molecule has 0 fully saturated rings. The second-order valence-corrected chi connectivity index (χ2v) is 11.9. The molecule has 0 bridgehead atoms. The van der Waals surface area contributed by atoms with Gasteiger partial charge < -0.3 is 0 Å². The number of fused-ring (bicyclic) bond motifs is 5. The lowest BCUT2D eigenvalue weighted by Crippen LogP contribution is -1.93. The van der Waals surface area contributed by atoms with Crippen molar-refractivity contribution in [3.63, 3.8) is 0 Å². The average Bonchev–Trinajstić information content (AvgIpc) is 3.14. The Morgan fingerprint density at radius 3 is 1.65 bits per heavy atom. The van der Waals surface area contributed by atoms with E-state index in [0.29, 0.717) is 0 Å². The summed E-state index contributed by atoms with van der Waals surface area (Å²) in [7, 11) is 0. The first-order chi connectivity index (χ1) is 22.8. The molecule has 0 N–H and O–H groups in total. The number of hydrogen-bond donors (Lipinski definition) is 0. The molecule has 0 atom stereocenters. The van der Waals surface area contributed by atoms with Gasteiger partial charge in [0.15, 0.2) is 0 Å². The summed E-state index contributed by atoms with van der Waals surface area (Å²) in [5, 5.41) is 8.41. The monoisotopic (exact) mass is 584 g/mol. The fraction of sp³-hybridized carbons (Fsp3) is 0. The number of pyridine rings is 2. The predicted octanol–water partition coefficient (Wildman–Crippen LogP) is 11.8. The van der Waals surface area contributed by atoms with Crippen LogP contribution in [0.5, 0.6) is 0 Å². The molecule has 2 heteroatoms. The Hall–Kier alpha value is -6.12. The van der Waals surface area contributed by atoms with Crippen molar-refractivity contribution in [1.82, 2.24) is 9.97 Å². The van der Waals surface area contributed by atoms with E-state index in [9.17, 15) is 0 Å². The molecule has 9 rings (SSSR count). The minimum Gasteiger partial charge on any atom is -0.264 e. The van der Waals surface area contributed by atoms with Gasteiger partial charge in [0.2, 0.25) is 0 Å². The molecule has 0 unspecified atom stereocenters. The van der Waals surface area contributed by atoms with Crippen molar-refractivity contribution in [2.45, 2.75) is 0 Å². The summed E-state index contributed by atoms with van der Waals surface area (Å²) >= 11 is 0. The fourth-order valence-corrected chi connectivity index (χ4v) is 6.76. The lowest BCUT2D eigenvalue weighted by molar-refractivity contribution is 1.33. The molecule has 0 aliphatic rings. The first-order valence-electron chi connectivity index (χ1n) is 15.6. The van der Waals surface area contributed by atoms with Crippen molar-refractivity contribution in [3.05, 3.63) is 170 Å². The zero-order valence-electron chi connectivity index (χ0n) is 25.1. The highest BCUT2D eigenvalue weighted by Gasteiger charge is 2.16. The summed E-state index contributed by atoms with van der Waals surface area (Å²) in [6, 6.07) is 56.7. The third-order valence-electron chi connectivity index (χ3n) is 9.12. The Balaban J connectivity index is 1.32. The summed E-state index contributed by atoms with van der Waals surface area (Å²) in [4.78, 5) is 9.74. The van der Waals surface area contributed by atoms with Gasteiger partial charge in [0.1, 0.15) is 0 Å². The van der Waals surface area contributed by atoms with E-state index in [1.165, 1.54) is 43.6 Å². The average molecular weight is 585 g/mol. The molecule has 7 aromatic carbocycles. The number of benzene rings is 7. The van der Waals surface area contributed by atoms with Crippen molar-refractivity contribution in [3.8, 4) is 44.6 Å². The van der Waals surface area contributed by atoms with E-state index in [1.54, 1.807) is 0 Å². The molecule has 0 saturated carbocycles. The molecule has 2 aromatic heterocycles. The summed E-state index contributed by atoms with van der Waals surface area (Å²) in [6.45, 7) is 0. The molecule has 0 saturated heterocycles. The third-order valence-corrected chi connectivity index (χ3v) is 9.12. The molecular formula is C44H28N2. The highest BCUT2D eigenvalue weighted by Crippen LogP contribution is 2.41. The van der Waals surface area contributed by atoms with Crippen molar-refractivity contribution >= 4 is 43.2 Å². The van der Waals surface area contributed by atoms with Crippen LogP contribution in [0.1, 0.15) is 0 Å². The Bertz CT molecular complexity index is 2570. The lowest BCUT2D eigenvalue weighted by Gasteiger charge is -2.16. The van der Waals surface area contributed by atoms with E-state index in [1.807, 2.05) is 18.5 Å². The number of hydrogen-bond acceptors (Lipinski definition) is 2. The second kappa shape index (κ2) is 10.8. The molecule has 0 radical (unpaired) electrons. The molecule has 0 aliphatic carbocycles. The zero-order valence-corrected chi connectivity index (χ0v) is 25.1. The summed E-state index contributed by atoms with van der Waals surface area (Å²) in [6.07, 6.45) is 3.73. The van der Waals surface area contributed by atoms with Crippen LogP contribution in [0.2, 0.25) is 0 Å². The SMILES string of the molecule is c1cncc(-c2ccc(-c3cc(-c4ccc5ccccc5c4)nc4c3cc(-c3ccc5ccccc5c3)c3ccccc34)cc2)c1. The van der Waals surface area contributed by atoms with E-state index < -0.39 is 0 Å². The quantitative estimate of drug-likeness (QED) is 0.192. The van der Waals surface area contributed by atoms with Crippen molar-refractivity contribution < 1.29 is 0 Å². The Labute approximate surface area is 267 Å². The first kappa shape index (κ1) is 26.3. The smallest absolute Gasteiger partial charge is 0.0794 e. The van der Waals surface area contributed by atoms with Crippen LogP contribution in [0, 0.1) is 0 Å². The highest BCUT2D eigenvalue weighted by atomic mass is 14.7. The highest BCUT2D eigenvalue weighted by molar-refractivity contribution is 6.16. The van der Waals surface area contributed by atoms with Crippen LogP contribution >= 0.6 is 0 Å². The number of rotatable bonds is 4. The van der Waals surface area contributed by atoms with E-state index in [4.69, 9.17) is 4.98 Å². The summed E-state index contributed by atoms with van der Waals surface area (Å²) in [5.41, 5.74) is 10.1. The molecule has 0 aliphatic heterocycles. The third kappa shape index (κ3) is 4.51. The van der Waals surface area contributed by atoms with E-state index >= 15 is 0 Å². The zero-order chi connectivity index (χ0) is 30.5. The van der Waals surface area contributed by atoms with Gasteiger partial charge in [0, 0.05) is 28.7 Å². The Kier molecular flexibility index (Phi) is 6.17. The van der Waals surface area contributed by atoms with Gasteiger partial charge in [0.05, 0.1) is 11.2 Å². The maximum atomic E-state index is 5.41. The van der Waals surface area contributed by atoms with Crippen molar-refractivity contribution in [2.24, 2.45) is 0 Å². The minimum absolute atomic E-state index is 0.966. The predicted molar refractivity (Wildman–Crippen MR) is 194 cm³/mol. The largest absolute Gasteiger partial charge is 0.264 e. The van der Waals surface area contributed by atoms with Crippen LogP contribution in [0.4, 0.5) is 0 Å². The second-order valence-electron chi connectivity index (χ2n) is 11.9. The van der Waals surface area contributed by atoms with Crippen LogP contribution in [0.3, 0.4) is 0 Å². The molecule has 0 spiro atoms. The van der Waals surface area contributed by atoms with Gasteiger partial charge >= 0.3 is 0 Å². The first-order valence-corrected chi connectivity index (χ1v) is 15.6. The molecular weight excluding hydrogens is 556 g/mol. The molecule has 214 valence electrons. The van der Waals surface area contributed by atoms with Crippen LogP contribution in [0.15, 0.2) is 170 Å². The molecule has 46 heavy (non-hydrogen) atoms. The number of nitrogens with zero attached hydrogens (tertiary/aromatic N) is 2. The molecule has 2 heterocycles. The van der Waals surface area contributed by atoms with Crippen LogP contribution < -0.4 is 0 Å². The maximum absolute atomic E-state index is 5.41. The van der Waals surface area contributed by atoms with E-state index in [-0.39, 0.29) is 0 Å². The van der Waals surface area contributed by atoms with Crippen molar-refractivity contribution in [1.29, 1.82) is 0 Å². The van der Waals surface area contributed by atoms with Gasteiger partial charge in [-0.3, -0.25) is 4.98 Å². The van der Waals surface area contributed by atoms with Gasteiger partial charge in [-0.05, 0) is 90.6 Å². The Morgan fingerprint density at radius 1 is 0.348 bits per heavy atom. The van der Waals surface area contributed by atoms with Crippen LogP contribution in [0.25, 0.3) is 87.9 Å². The maximum Gasteiger partial charge on any atom is 0.0794 e. The lowest BCUT2D eigenvalue weighted by atomic mass is 9.90. The van der Waals surface area contributed by atoms with Gasteiger partial charge in [-0.15, -0.1) is 0 Å². The van der Waals surface area contributed by atoms with E-state index in [0.717, 1.165) is 44.2 Å². The standard InChI is InChI=1S/C44H28N2/c1-3-10-33-24-35(21-17-29(33)8-1)40-26-42-41(32-19-15-31(16-20-32)37-12-7-23-45-28-37)27-43(46-44(42)39-14-6-5-13-38(39)40)36-22-18-30-9-2-4-11-34(30)25-36/h1-28H. The van der Waals surface area contributed by atoms with Gasteiger partial charge in [-0.2, -0.15) is 0 Å². The minimum atomic E-state index is 0.966. The van der Waals surface area contributed by atoms with Gasteiger partial charge in [-0.1, -0.05) is 127 Å². The topological polar surface area (TPSA) is 25.8 Å². The fourth-order valence-electron chi connectivity index (χ4n) is 6.76.